The van der Waals surface area contributed by atoms with E-state index < -0.39 is 11.8 Å². The zero-order valence-corrected chi connectivity index (χ0v) is 21.1. The Morgan fingerprint density at radius 1 is 0.649 bits per heavy atom. The van der Waals surface area contributed by atoms with Crippen molar-refractivity contribution >= 4 is 46.0 Å². The average molecular weight is 561 g/mol. The fourth-order valence-electron chi connectivity index (χ4n) is 2.52. The first-order chi connectivity index (χ1) is 17.3. The molecule has 6 N–H and O–H groups in total. The standard InChI is InChI=1S/2C11H13N3O4.Ni/c2*1-7(13-16)10(14-17)11(15)12-8-5-3-4-6-9(8)18-2;/h2*3-6,16-17H,1-2H3,(H,12,15);/b13-7+,14-10+;13-7+,14-10-;. The first-order valence-electron chi connectivity index (χ1n) is 9.98. The fourth-order valence-corrected chi connectivity index (χ4v) is 2.52. The molecule has 0 aliphatic rings. The van der Waals surface area contributed by atoms with E-state index in [0.717, 1.165) is 0 Å². The zero-order chi connectivity index (χ0) is 27.1. The van der Waals surface area contributed by atoms with Crippen molar-refractivity contribution in [1.82, 2.24) is 0 Å². The van der Waals surface area contributed by atoms with E-state index in [-0.39, 0.29) is 39.3 Å². The van der Waals surface area contributed by atoms with E-state index in [9.17, 15) is 9.59 Å². The summed E-state index contributed by atoms with van der Waals surface area (Å²) in [5, 5.41) is 50.6. The van der Waals surface area contributed by atoms with Crippen LogP contribution >= 0.6 is 0 Å². The van der Waals surface area contributed by atoms with E-state index in [0.29, 0.717) is 22.9 Å². The quantitative estimate of drug-likeness (QED) is 0.122. The normalized spacial score (nSPS) is 11.8. The van der Waals surface area contributed by atoms with Crippen molar-refractivity contribution < 1.29 is 56.4 Å². The third kappa shape index (κ3) is 9.49. The molecule has 202 valence electrons. The molecule has 15 heteroatoms. The number of hydrogen-bond acceptors (Lipinski definition) is 12. The van der Waals surface area contributed by atoms with E-state index in [1.165, 1.54) is 28.1 Å². The Balaban J connectivity index is 0.000000682. The number of hydrogen-bond donors (Lipinski definition) is 6. The summed E-state index contributed by atoms with van der Waals surface area (Å²) in [5.74, 6) is -0.502. The molecule has 0 atom stereocenters. The van der Waals surface area contributed by atoms with Crippen molar-refractivity contribution in [3.05, 3.63) is 48.5 Å². The van der Waals surface area contributed by atoms with Crippen LogP contribution in [-0.2, 0) is 26.1 Å². The van der Waals surface area contributed by atoms with Gasteiger partial charge >= 0.3 is 0 Å². The molecule has 14 nitrogen and oxygen atoms in total. The first-order valence-corrected chi connectivity index (χ1v) is 9.98. The minimum Gasteiger partial charge on any atom is -0.495 e. The minimum atomic E-state index is -0.711. The van der Waals surface area contributed by atoms with Crippen molar-refractivity contribution in [3.63, 3.8) is 0 Å². The van der Waals surface area contributed by atoms with Gasteiger partial charge in [0.1, 0.15) is 22.9 Å². The molecular weight excluding hydrogens is 535 g/mol. The van der Waals surface area contributed by atoms with Crippen molar-refractivity contribution in [2.45, 2.75) is 13.8 Å². The fraction of sp³-hybridized carbons (Fsp3) is 0.182. The predicted octanol–water partition coefficient (Wildman–Crippen LogP) is 2.63. The Kier molecular flexibility index (Phi) is 14.8. The maximum absolute atomic E-state index is 11.8. The van der Waals surface area contributed by atoms with Crippen LogP contribution in [0.2, 0.25) is 0 Å². The van der Waals surface area contributed by atoms with Gasteiger partial charge in [-0.2, -0.15) is 0 Å². The topological polar surface area (TPSA) is 207 Å². The molecule has 0 aromatic heterocycles. The molecule has 37 heavy (non-hydrogen) atoms. The Morgan fingerprint density at radius 2 is 0.973 bits per heavy atom. The van der Waals surface area contributed by atoms with Gasteiger partial charge in [-0.05, 0) is 38.1 Å². The van der Waals surface area contributed by atoms with Crippen LogP contribution in [0.4, 0.5) is 11.4 Å². The van der Waals surface area contributed by atoms with Crippen LogP contribution in [0, 0.1) is 0 Å². The summed E-state index contributed by atoms with van der Waals surface area (Å²) in [7, 11) is 2.93. The number of anilines is 2. The van der Waals surface area contributed by atoms with Crippen LogP contribution < -0.4 is 20.1 Å². The van der Waals surface area contributed by atoms with Gasteiger partial charge in [0.15, 0.2) is 11.4 Å². The number of carbonyl (C=O) groups is 2. The van der Waals surface area contributed by atoms with Crippen LogP contribution in [0.1, 0.15) is 13.8 Å². The number of amides is 2. The number of nitrogens with zero attached hydrogens (tertiary/aromatic N) is 4. The molecule has 0 saturated heterocycles. The molecule has 2 rings (SSSR count). The molecule has 0 spiro atoms. The molecule has 2 aromatic rings. The summed E-state index contributed by atoms with van der Waals surface area (Å²) in [6.45, 7) is 2.66. The second kappa shape index (κ2) is 16.9. The van der Waals surface area contributed by atoms with Crippen LogP contribution in [0.25, 0.3) is 0 Å². The van der Waals surface area contributed by atoms with E-state index in [1.54, 1.807) is 48.5 Å². The molecule has 2 amide bonds. The number of rotatable bonds is 8. The molecule has 0 unspecified atom stereocenters. The number of benzene rings is 2. The summed E-state index contributed by atoms with van der Waals surface area (Å²) in [6, 6.07) is 13.5. The van der Waals surface area contributed by atoms with Crippen LogP contribution in [0.5, 0.6) is 11.5 Å². The Morgan fingerprint density at radius 3 is 1.24 bits per heavy atom. The predicted molar refractivity (Wildman–Crippen MR) is 131 cm³/mol. The maximum atomic E-state index is 11.8. The van der Waals surface area contributed by atoms with Gasteiger partial charge in [-0.25, -0.2) is 0 Å². The van der Waals surface area contributed by atoms with Gasteiger partial charge in [-0.1, -0.05) is 44.9 Å². The number of nitrogens with one attached hydrogen (secondary N) is 2. The molecule has 0 saturated carbocycles. The van der Waals surface area contributed by atoms with Crippen molar-refractivity contribution in [2.24, 2.45) is 20.6 Å². The molecule has 0 aliphatic carbocycles. The van der Waals surface area contributed by atoms with Gasteiger partial charge < -0.3 is 40.9 Å². The first kappa shape index (κ1) is 32.4. The van der Waals surface area contributed by atoms with Gasteiger partial charge in [-0.15, -0.1) is 0 Å². The zero-order valence-electron chi connectivity index (χ0n) is 20.1. The summed E-state index contributed by atoms with van der Waals surface area (Å²) in [5.41, 5.74) is -0.157. The van der Waals surface area contributed by atoms with Crippen LogP contribution in [-0.4, -0.2) is 69.7 Å². The summed E-state index contributed by atoms with van der Waals surface area (Å²) >= 11 is 0. The monoisotopic (exact) mass is 560 g/mol. The average Bonchev–Trinajstić information content (AvgIpc) is 2.90. The van der Waals surface area contributed by atoms with E-state index in [1.807, 2.05) is 0 Å². The Labute approximate surface area is 221 Å². The van der Waals surface area contributed by atoms with Crippen molar-refractivity contribution in [3.8, 4) is 11.5 Å². The molecule has 0 heterocycles. The third-order valence-electron chi connectivity index (χ3n) is 4.33. The van der Waals surface area contributed by atoms with E-state index >= 15 is 0 Å². The smallest absolute Gasteiger partial charge is 0.279 e. The maximum Gasteiger partial charge on any atom is 0.279 e. The minimum absolute atomic E-state index is 0. The van der Waals surface area contributed by atoms with Gasteiger partial charge in [0, 0.05) is 16.5 Å². The molecule has 0 radical (unpaired) electrons. The molecule has 0 bridgehead atoms. The van der Waals surface area contributed by atoms with Crippen LogP contribution in [0.15, 0.2) is 69.2 Å². The number of methoxy groups -OCH3 is 2. The second-order valence-corrected chi connectivity index (χ2v) is 6.58. The molecular formula is C22H26N6NiO8. The van der Waals surface area contributed by atoms with Gasteiger partial charge in [-0.3, -0.25) is 9.59 Å². The van der Waals surface area contributed by atoms with Gasteiger partial charge in [0.05, 0.1) is 25.6 Å². The van der Waals surface area contributed by atoms with Crippen molar-refractivity contribution in [1.29, 1.82) is 0 Å². The summed E-state index contributed by atoms with van der Waals surface area (Å²) in [4.78, 5) is 23.5. The number of para-hydroxylation sites is 4. The SMILES string of the molecule is COc1ccccc1NC(=O)C(=N/O)/C(C)=N/O.COc1ccccc1NC(=O)C(=N\O)/C(C)=N/O.[Ni]. The Hall–Kier alpha value is -4.65. The Bertz CT molecular complexity index is 1090. The largest absolute Gasteiger partial charge is 0.495 e. The molecule has 2 aromatic carbocycles. The number of oxime groups is 4. The second-order valence-electron chi connectivity index (χ2n) is 6.58. The van der Waals surface area contributed by atoms with E-state index in [2.05, 4.69) is 31.3 Å². The van der Waals surface area contributed by atoms with E-state index in [4.69, 9.17) is 30.3 Å². The van der Waals surface area contributed by atoms with Gasteiger partial charge in [0.2, 0.25) is 0 Å². The van der Waals surface area contributed by atoms with Crippen LogP contribution in [0.3, 0.4) is 0 Å². The molecule has 0 aliphatic heterocycles. The summed E-state index contributed by atoms with van der Waals surface area (Å²) < 4.78 is 10.1. The number of carbonyl (C=O) groups excluding carboxylic acids is 2. The number of ether oxygens (including phenoxy) is 2. The molecule has 0 fully saturated rings. The summed E-state index contributed by atoms with van der Waals surface area (Å²) in [6.07, 6.45) is 0. The third-order valence-corrected chi connectivity index (χ3v) is 4.33. The van der Waals surface area contributed by atoms with Gasteiger partial charge in [0.25, 0.3) is 11.8 Å². The van der Waals surface area contributed by atoms with Crippen molar-refractivity contribution in [2.75, 3.05) is 24.9 Å².